The van der Waals surface area contributed by atoms with Crippen LogP contribution in [0.25, 0.3) is 0 Å². The summed E-state index contributed by atoms with van der Waals surface area (Å²) in [6.45, 7) is 6.63. The molecule has 1 aromatic heterocycles. The Kier molecular flexibility index (Phi) is 4.29. The van der Waals surface area contributed by atoms with Crippen LogP contribution >= 0.6 is 11.3 Å². The second-order valence-electron chi connectivity index (χ2n) is 4.07. The van der Waals surface area contributed by atoms with Crippen molar-refractivity contribution in [1.82, 2.24) is 0 Å². The zero-order valence-electron chi connectivity index (χ0n) is 9.28. The lowest BCUT2D eigenvalue weighted by Gasteiger charge is -2.19. The minimum absolute atomic E-state index is 0.185. The molecular formula is C11H16O3S. The Morgan fingerprint density at radius 1 is 1.40 bits per heavy atom. The van der Waals surface area contributed by atoms with Gasteiger partial charge in [0, 0.05) is 0 Å². The van der Waals surface area contributed by atoms with Crippen molar-refractivity contribution in [3.63, 3.8) is 0 Å². The minimum Gasteiger partial charge on any atom is -0.459 e. The molecule has 0 aliphatic carbocycles. The number of rotatable bonds is 4. The van der Waals surface area contributed by atoms with Crippen LogP contribution in [0.1, 0.15) is 30.4 Å². The second kappa shape index (κ2) is 5.28. The van der Waals surface area contributed by atoms with E-state index in [9.17, 15) is 4.79 Å². The van der Waals surface area contributed by atoms with Gasteiger partial charge in [0.25, 0.3) is 0 Å². The van der Waals surface area contributed by atoms with Crippen molar-refractivity contribution in [1.29, 1.82) is 0 Å². The number of esters is 1. The predicted octanol–water partition coefficient (Wildman–Crippen LogP) is 2.72. The van der Waals surface area contributed by atoms with E-state index in [4.69, 9.17) is 9.47 Å². The summed E-state index contributed by atoms with van der Waals surface area (Å²) in [5.41, 5.74) is -0.185. The number of thiophene rings is 1. The standard InChI is InChI=1S/C11H16O3S/c1-11(2,3)14-7-6-13-10(12)9-5-4-8-15-9/h4-5,8H,6-7H2,1-3H3. The fraction of sp³-hybridized carbons (Fsp3) is 0.545. The number of carbonyl (C=O) groups excluding carboxylic acids is 1. The van der Waals surface area contributed by atoms with Crippen LogP contribution in [0.3, 0.4) is 0 Å². The Morgan fingerprint density at radius 3 is 2.67 bits per heavy atom. The highest BCUT2D eigenvalue weighted by Gasteiger charge is 2.11. The van der Waals surface area contributed by atoms with E-state index >= 15 is 0 Å². The highest BCUT2D eigenvalue weighted by atomic mass is 32.1. The molecule has 0 saturated heterocycles. The van der Waals surface area contributed by atoms with Crippen molar-refractivity contribution in [2.24, 2.45) is 0 Å². The molecule has 0 bridgehead atoms. The van der Waals surface area contributed by atoms with E-state index in [-0.39, 0.29) is 11.6 Å². The molecule has 4 heteroatoms. The molecule has 0 fully saturated rings. The van der Waals surface area contributed by atoms with E-state index in [2.05, 4.69) is 0 Å². The first-order valence-electron chi connectivity index (χ1n) is 4.83. The molecular weight excluding hydrogens is 212 g/mol. The van der Waals surface area contributed by atoms with Gasteiger partial charge in [0.05, 0.1) is 12.2 Å². The highest BCUT2D eigenvalue weighted by Crippen LogP contribution is 2.10. The van der Waals surface area contributed by atoms with Crippen LogP contribution in [-0.4, -0.2) is 24.8 Å². The number of hydrogen-bond donors (Lipinski definition) is 0. The molecule has 84 valence electrons. The molecule has 3 nitrogen and oxygen atoms in total. The van der Waals surface area contributed by atoms with Crippen LogP contribution in [0.15, 0.2) is 17.5 Å². The fourth-order valence-electron chi connectivity index (χ4n) is 0.948. The van der Waals surface area contributed by atoms with E-state index in [0.29, 0.717) is 18.1 Å². The maximum absolute atomic E-state index is 11.4. The molecule has 15 heavy (non-hydrogen) atoms. The maximum Gasteiger partial charge on any atom is 0.348 e. The molecule has 0 aliphatic rings. The summed E-state index contributed by atoms with van der Waals surface area (Å²) in [5, 5.41) is 1.85. The first kappa shape index (κ1) is 12.2. The van der Waals surface area contributed by atoms with Crippen LogP contribution < -0.4 is 0 Å². The molecule has 1 rings (SSSR count). The molecule has 0 aliphatic heterocycles. The predicted molar refractivity (Wildman–Crippen MR) is 60.3 cm³/mol. The summed E-state index contributed by atoms with van der Waals surface area (Å²) in [6, 6.07) is 3.57. The van der Waals surface area contributed by atoms with Crippen LogP contribution in [0.2, 0.25) is 0 Å². The largest absolute Gasteiger partial charge is 0.459 e. The van der Waals surface area contributed by atoms with Crippen molar-refractivity contribution < 1.29 is 14.3 Å². The molecule has 1 aromatic rings. The molecule has 0 aromatic carbocycles. The van der Waals surface area contributed by atoms with Crippen molar-refractivity contribution in [3.05, 3.63) is 22.4 Å². The Morgan fingerprint density at radius 2 is 2.13 bits per heavy atom. The van der Waals surface area contributed by atoms with Gasteiger partial charge in [-0.2, -0.15) is 0 Å². The van der Waals surface area contributed by atoms with Gasteiger partial charge in [0.2, 0.25) is 0 Å². The van der Waals surface area contributed by atoms with Gasteiger partial charge >= 0.3 is 5.97 Å². The summed E-state index contributed by atoms with van der Waals surface area (Å²) < 4.78 is 10.5. The average Bonchev–Trinajstić information content (AvgIpc) is 2.63. The number of carbonyl (C=O) groups is 1. The summed E-state index contributed by atoms with van der Waals surface area (Å²) in [4.78, 5) is 12.0. The molecule has 0 amide bonds. The Balaban J connectivity index is 2.19. The summed E-state index contributed by atoms with van der Waals surface area (Å²) in [5.74, 6) is -0.275. The number of ether oxygens (including phenoxy) is 2. The molecule has 1 heterocycles. The lowest BCUT2D eigenvalue weighted by Crippen LogP contribution is -2.22. The van der Waals surface area contributed by atoms with Crippen molar-refractivity contribution >= 4 is 17.3 Å². The zero-order valence-corrected chi connectivity index (χ0v) is 10.1. The van der Waals surface area contributed by atoms with Gasteiger partial charge in [0.15, 0.2) is 0 Å². The Labute approximate surface area is 94.0 Å². The zero-order chi connectivity index (χ0) is 11.3. The third-order valence-corrected chi connectivity index (χ3v) is 2.42. The fourth-order valence-corrected chi connectivity index (χ4v) is 1.56. The van der Waals surface area contributed by atoms with Gasteiger partial charge in [-0.3, -0.25) is 0 Å². The van der Waals surface area contributed by atoms with Crippen molar-refractivity contribution in [3.8, 4) is 0 Å². The average molecular weight is 228 g/mol. The second-order valence-corrected chi connectivity index (χ2v) is 5.02. The maximum atomic E-state index is 11.4. The van der Waals surface area contributed by atoms with E-state index < -0.39 is 0 Å². The lowest BCUT2D eigenvalue weighted by molar-refractivity contribution is -0.0280. The smallest absolute Gasteiger partial charge is 0.348 e. The highest BCUT2D eigenvalue weighted by molar-refractivity contribution is 7.11. The Hall–Kier alpha value is -0.870. The van der Waals surface area contributed by atoms with Crippen LogP contribution in [0, 0.1) is 0 Å². The molecule has 0 unspecified atom stereocenters. The molecule has 0 radical (unpaired) electrons. The molecule has 0 saturated carbocycles. The van der Waals surface area contributed by atoms with Gasteiger partial charge in [-0.15, -0.1) is 11.3 Å². The molecule has 0 atom stereocenters. The Bertz CT molecular complexity index is 298. The van der Waals surface area contributed by atoms with Gasteiger partial charge in [-0.25, -0.2) is 4.79 Å². The third-order valence-electron chi connectivity index (χ3n) is 1.57. The minimum atomic E-state index is -0.275. The van der Waals surface area contributed by atoms with Gasteiger partial charge in [-0.05, 0) is 32.2 Å². The summed E-state index contributed by atoms with van der Waals surface area (Å²) >= 11 is 1.38. The van der Waals surface area contributed by atoms with Gasteiger partial charge < -0.3 is 9.47 Å². The van der Waals surface area contributed by atoms with Crippen LogP contribution in [-0.2, 0) is 9.47 Å². The summed E-state index contributed by atoms with van der Waals surface area (Å²) in [7, 11) is 0. The monoisotopic (exact) mass is 228 g/mol. The quantitative estimate of drug-likeness (QED) is 0.587. The normalized spacial score (nSPS) is 11.4. The van der Waals surface area contributed by atoms with Gasteiger partial charge in [-0.1, -0.05) is 6.07 Å². The lowest BCUT2D eigenvalue weighted by atomic mass is 10.2. The molecule has 0 N–H and O–H groups in total. The topological polar surface area (TPSA) is 35.5 Å². The van der Waals surface area contributed by atoms with Crippen LogP contribution in [0.4, 0.5) is 0 Å². The van der Waals surface area contributed by atoms with E-state index in [1.54, 1.807) is 6.07 Å². The number of hydrogen-bond acceptors (Lipinski definition) is 4. The SMILES string of the molecule is CC(C)(C)OCCOC(=O)c1cccs1. The molecule has 0 spiro atoms. The van der Waals surface area contributed by atoms with E-state index in [0.717, 1.165) is 0 Å². The first-order chi connectivity index (χ1) is 6.99. The van der Waals surface area contributed by atoms with E-state index in [1.165, 1.54) is 11.3 Å². The van der Waals surface area contributed by atoms with Gasteiger partial charge in [0.1, 0.15) is 11.5 Å². The van der Waals surface area contributed by atoms with E-state index in [1.807, 2.05) is 32.2 Å². The van der Waals surface area contributed by atoms with Crippen molar-refractivity contribution in [2.75, 3.05) is 13.2 Å². The van der Waals surface area contributed by atoms with Crippen LogP contribution in [0.5, 0.6) is 0 Å². The third kappa shape index (κ3) is 4.95. The summed E-state index contributed by atoms with van der Waals surface area (Å²) in [6.07, 6.45) is 0. The van der Waals surface area contributed by atoms with Crippen molar-refractivity contribution in [2.45, 2.75) is 26.4 Å². The first-order valence-corrected chi connectivity index (χ1v) is 5.71.